The Hall–Kier alpha value is -2.12. The van der Waals surface area contributed by atoms with Gasteiger partial charge in [-0.2, -0.15) is 4.98 Å². The minimum absolute atomic E-state index is 0.0107. The first-order valence-corrected chi connectivity index (χ1v) is 5.26. The maximum atomic E-state index is 11.3. The number of nitrogens with zero attached hydrogens (tertiary/aromatic N) is 2. The van der Waals surface area contributed by atoms with Crippen molar-refractivity contribution >= 4 is 12.1 Å². The van der Waals surface area contributed by atoms with E-state index in [0.29, 0.717) is 0 Å². The lowest BCUT2D eigenvalue weighted by molar-refractivity contribution is -0.136. The number of carboxylic acid groups (broad SMARTS) is 1. The van der Waals surface area contributed by atoms with E-state index in [-0.39, 0.29) is 24.7 Å². The summed E-state index contributed by atoms with van der Waals surface area (Å²) in [6, 6.07) is 0. The molecule has 0 aliphatic rings. The van der Waals surface area contributed by atoms with E-state index in [1.807, 2.05) is 0 Å². The summed E-state index contributed by atoms with van der Waals surface area (Å²) in [6.07, 6.45) is -0.952. The second-order valence-corrected chi connectivity index (χ2v) is 4.53. The molecule has 0 saturated heterocycles. The summed E-state index contributed by atoms with van der Waals surface area (Å²) < 4.78 is 9.68. The quantitative estimate of drug-likeness (QED) is 0.816. The van der Waals surface area contributed by atoms with Gasteiger partial charge in [0.2, 0.25) is 5.89 Å². The number of carboxylic acids is 1. The molecule has 8 heteroatoms. The van der Waals surface area contributed by atoms with Crippen molar-refractivity contribution in [3.63, 3.8) is 0 Å². The van der Waals surface area contributed by atoms with Crippen LogP contribution in [0.3, 0.4) is 0 Å². The molecular weight excluding hydrogens is 242 g/mol. The lowest BCUT2D eigenvalue weighted by Crippen LogP contribution is -2.32. The number of aliphatic carboxylic acids is 1. The molecule has 0 bridgehead atoms. The average molecular weight is 257 g/mol. The molecule has 1 heterocycles. The Balaban J connectivity index is 2.42. The zero-order valence-electron chi connectivity index (χ0n) is 10.4. The number of carbonyl (C=O) groups is 2. The molecule has 0 spiro atoms. The lowest BCUT2D eigenvalue weighted by atomic mass is 10.2. The van der Waals surface area contributed by atoms with Gasteiger partial charge in [-0.3, -0.25) is 4.79 Å². The van der Waals surface area contributed by atoms with Crippen molar-refractivity contribution in [2.75, 3.05) is 0 Å². The Morgan fingerprint density at radius 2 is 2.11 bits per heavy atom. The van der Waals surface area contributed by atoms with E-state index in [9.17, 15) is 9.59 Å². The molecule has 1 aromatic heterocycles. The summed E-state index contributed by atoms with van der Waals surface area (Å²) in [5.41, 5.74) is -0.587. The molecular formula is C10H15N3O5. The number of hydrogen-bond donors (Lipinski definition) is 2. The molecule has 0 radical (unpaired) electrons. The zero-order chi connectivity index (χ0) is 13.8. The van der Waals surface area contributed by atoms with Crippen LogP contribution in [-0.4, -0.2) is 32.9 Å². The molecule has 2 N–H and O–H groups in total. The molecule has 18 heavy (non-hydrogen) atoms. The number of carbonyl (C=O) groups excluding carboxylic acids is 1. The van der Waals surface area contributed by atoms with Crippen molar-refractivity contribution < 1.29 is 24.0 Å². The fraction of sp³-hybridized carbons (Fsp3) is 0.600. The molecule has 0 unspecified atom stereocenters. The first kappa shape index (κ1) is 13.9. The van der Waals surface area contributed by atoms with Gasteiger partial charge < -0.3 is 19.7 Å². The van der Waals surface area contributed by atoms with Gasteiger partial charge in [-0.25, -0.2) is 4.79 Å². The van der Waals surface area contributed by atoms with Crippen molar-refractivity contribution in [3.8, 4) is 0 Å². The SMILES string of the molecule is CC(C)(C)OC(=O)NCc1noc(CC(=O)O)n1. The van der Waals surface area contributed by atoms with Crippen LogP contribution in [0.4, 0.5) is 4.79 Å². The third-order valence-electron chi connectivity index (χ3n) is 1.60. The van der Waals surface area contributed by atoms with Crippen LogP contribution in [0.15, 0.2) is 4.52 Å². The molecule has 0 aliphatic heterocycles. The van der Waals surface area contributed by atoms with E-state index in [2.05, 4.69) is 20.0 Å². The maximum Gasteiger partial charge on any atom is 0.408 e. The van der Waals surface area contributed by atoms with Crippen molar-refractivity contribution in [2.24, 2.45) is 0 Å². The van der Waals surface area contributed by atoms with Gasteiger partial charge in [-0.15, -0.1) is 0 Å². The molecule has 8 nitrogen and oxygen atoms in total. The van der Waals surface area contributed by atoms with E-state index in [0.717, 1.165) is 0 Å². The summed E-state index contributed by atoms with van der Waals surface area (Å²) in [5, 5.41) is 14.5. The first-order chi connectivity index (χ1) is 8.26. The molecule has 100 valence electrons. The van der Waals surface area contributed by atoms with Crippen LogP contribution in [0.5, 0.6) is 0 Å². The topological polar surface area (TPSA) is 115 Å². The van der Waals surface area contributed by atoms with Crippen LogP contribution >= 0.6 is 0 Å². The van der Waals surface area contributed by atoms with Crippen LogP contribution in [-0.2, 0) is 22.5 Å². The van der Waals surface area contributed by atoms with Gasteiger partial charge in [0.05, 0.1) is 6.54 Å². The van der Waals surface area contributed by atoms with Crippen molar-refractivity contribution in [2.45, 2.75) is 39.3 Å². The van der Waals surface area contributed by atoms with Gasteiger partial charge >= 0.3 is 12.1 Å². The normalized spacial score (nSPS) is 11.1. The second-order valence-electron chi connectivity index (χ2n) is 4.53. The smallest absolute Gasteiger partial charge is 0.408 e. The van der Waals surface area contributed by atoms with E-state index >= 15 is 0 Å². The van der Waals surface area contributed by atoms with Gasteiger partial charge in [-0.05, 0) is 20.8 Å². The highest BCUT2D eigenvalue weighted by Gasteiger charge is 2.17. The van der Waals surface area contributed by atoms with Gasteiger partial charge in [0.1, 0.15) is 12.0 Å². The highest BCUT2D eigenvalue weighted by Crippen LogP contribution is 2.06. The average Bonchev–Trinajstić information content (AvgIpc) is 2.59. The first-order valence-electron chi connectivity index (χ1n) is 5.26. The molecule has 1 rings (SSSR count). The second kappa shape index (κ2) is 5.48. The zero-order valence-corrected chi connectivity index (χ0v) is 10.4. The van der Waals surface area contributed by atoms with E-state index in [1.54, 1.807) is 20.8 Å². The molecule has 0 fully saturated rings. The van der Waals surface area contributed by atoms with E-state index in [1.165, 1.54) is 0 Å². The van der Waals surface area contributed by atoms with Crippen LogP contribution in [0.25, 0.3) is 0 Å². The molecule has 0 aromatic carbocycles. The van der Waals surface area contributed by atoms with Crippen molar-refractivity contribution in [1.82, 2.24) is 15.5 Å². The van der Waals surface area contributed by atoms with E-state index < -0.39 is 17.7 Å². The fourth-order valence-electron chi connectivity index (χ4n) is 1.03. The molecule has 1 aromatic rings. The minimum atomic E-state index is -1.06. The number of rotatable bonds is 4. The van der Waals surface area contributed by atoms with Crippen LogP contribution < -0.4 is 5.32 Å². The number of amides is 1. The summed E-state index contributed by atoms with van der Waals surface area (Å²) in [5.74, 6) is -0.883. The fourth-order valence-corrected chi connectivity index (χ4v) is 1.03. The minimum Gasteiger partial charge on any atom is -0.481 e. The molecule has 0 saturated carbocycles. The van der Waals surface area contributed by atoms with Crippen LogP contribution in [0.2, 0.25) is 0 Å². The maximum absolute atomic E-state index is 11.3. The Morgan fingerprint density at radius 1 is 1.44 bits per heavy atom. The van der Waals surface area contributed by atoms with Crippen molar-refractivity contribution in [3.05, 3.63) is 11.7 Å². The monoisotopic (exact) mass is 257 g/mol. The summed E-state index contributed by atoms with van der Waals surface area (Å²) >= 11 is 0. The standard InChI is InChI=1S/C10H15N3O5/c1-10(2,3)17-9(16)11-5-6-12-7(18-13-6)4-8(14)15/h4-5H2,1-3H3,(H,11,16)(H,14,15). The van der Waals surface area contributed by atoms with Gasteiger partial charge in [-0.1, -0.05) is 5.16 Å². The van der Waals surface area contributed by atoms with Gasteiger partial charge in [0, 0.05) is 0 Å². The van der Waals surface area contributed by atoms with Crippen molar-refractivity contribution in [1.29, 1.82) is 0 Å². The van der Waals surface area contributed by atoms with Crippen LogP contribution in [0.1, 0.15) is 32.5 Å². The third-order valence-corrected chi connectivity index (χ3v) is 1.60. The predicted molar refractivity (Wildman–Crippen MR) is 58.7 cm³/mol. The Labute approximate surface area is 103 Å². The molecule has 1 amide bonds. The number of hydrogen-bond acceptors (Lipinski definition) is 6. The highest BCUT2D eigenvalue weighted by molar-refractivity contribution is 5.68. The number of nitrogens with one attached hydrogen (secondary N) is 1. The summed E-state index contributed by atoms with van der Waals surface area (Å²) in [4.78, 5) is 25.5. The number of ether oxygens (including phenoxy) is 1. The summed E-state index contributed by atoms with van der Waals surface area (Å²) in [7, 11) is 0. The van der Waals surface area contributed by atoms with Crippen LogP contribution in [0, 0.1) is 0 Å². The largest absolute Gasteiger partial charge is 0.481 e. The third kappa shape index (κ3) is 5.28. The highest BCUT2D eigenvalue weighted by atomic mass is 16.6. The number of alkyl carbamates (subject to hydrolysis) is 1. The Morgan fingerprint density at radius 3 is 2.67 bits per heavy atom. The lowest BCUT2D eigenvalue weighted by Gasteiger charge is -2.19. The van der Waals surface area contributed by atoms with E-state index in [4.69, 9.17) is 9.84 Å². The molecule has 0 aliphatic carbocycles. The Bertz CT molecular complexity index is 435. The number of aromatic nitrogens is 2. The van der Waals surface area contributed by atoms with Gasteiger partial charge in [0.25, 0.3) is 0 Å². The molecule has 0 atom stereocenters. The van der Waals surface area contributed by atoms with Gasteiger partial charge in [0.15, 0.2) is 5.82 Å². The summed E-state index contributed by atoms with van der Waals surface area (Å²) in [6.45, 7) is 5.24. The predicted octanol–water partition coefficient (Wildman–Crippen LogP) is 0.721. The Kier molecular flexibility index (Phi) is 4.24.